The van der Waals surface area contributed by atoms with E-state index in [1.165, 1.54) is 10.9 Å². The number of hydrogen-bond donors (Lipinski definition) is 2. The summed E-state index contributed by atoms with van der Waals surface area (Å²) in [5.74, 6) is 0.907. The van der Waals surface area contributed by atoms with Crippen LogP contribution in [-0.4, -0.2) is 23.0 Å². The molecule has 1 amide bonds. The predicted octanol–water partition coefficient (Wildman–Crippen LogP) is 5.35. The molecule has 4 rings (SSSR count). The number of aromatic nitrogens is 1. The highest BCUT2D eigenvalue weighted by Gasteiger charge is 2.23. The lowest BCUT2D eigenvalue weighted by Gasteiger charge is -2.30. The Morgan fingerprint density at radius 1 is 1.00 bits per heavy atom. The molecule has 0 spiro atoms. The van der Waals surface area contributed by atoms with Gasteiger partial charge in [-0.2, -0.15) is 0 Å². The molecule has 3 aromatic rings. The molecule has 0 saturated heterocycles. The second kappa shape index (κ2) is 8.19. The van der Waals surface area contributed by atoms with Crippen molar-refractivity contribution in [3.8, 4) is 0 Å². The maximum atomic E-state index is 12.4. The van der Waals surface area contributed by atoms with E-state index >= 15 is 0 Å². The van der Waals surface area contributed by atoms with Crippen molar-refractivity contribution < 1.29 is 4.79 Å². The summed E-state index contributed by atoms with van der Waals surface area (Å²) in [5.41, 5.74) is 2.91. The fraction of sp³-hybridized carbons (Fsp3) is 0.304. The van der Waals surface area contributed by atoms with Crippen molar-refractivity contribution in [3.05, 3.63) is 70.7 Å². The van der Waals surface area contributed by atoms with Gasteiger partial charge in [-0.1, -0.05) is 29.8 Å². The Bertz CT molecular complexity index is 979. The van der Waals surface area contributed by atoms with Gasteiger partial charge in [0.05, 0.1) is 5.52 Å². The molecule has 0 unspecified atom stereocenters. The molecule has 0 bridgehead atoms. The van der Waals surface area contributed by atoms with Crippen LogP contribution < -0.4 is 10.6 Å². The highest BCUT2D eigenvalue weighted by molar-refractivity contribution is 6.30. The number of anilines is 1. The molecule has 0 aliphatic heterocycles. The van der Waals surface area contributed by atoms with Gasteiger partial charge in [-0.05, 0) is 74.6 Å². The minimum absolute atomic E-state index is 0.0279. The van der Waals surface area contributed by atoms with Crippen LogP contribution in [0.25, 0.3) is 10.9 Å². The maximum Gasteiger partial charge on any atom is 0.251 e. The smallest absolute Gasteiger partial charge is 0.251 e. The van der Waals surface area contributed by atoms with E-state index in [-0.39, 0.29) is 11.9 Å². The van der Waals surface area contributed by atoms with Gasteiger partial charge in [-0.15, -0.1) is 0 Å². The number of nitrogens with zero attached hydrogens (tertiary/aromatic N) is 1. The first-order valence-electron chi connectivity index (χ1n) is 9.78. The summed E-state index contributed by atoms with van der Waals surface area (Å²) in [6.45, 7) is 2.12. The van der Waals surface area contributed by atoms with E-state index in [4.69, 9.17) is 16.6 Å². The second-order valence-corrected chi connectivity index (χ2v) is 7.95. The van der Waals surface area contributed by atoms with E-state index in [1.807, 2.05) is 12.1 Å². The fourth-order valence-corrected chi connectivity index (χ4v) is 4.01. The second-order valence-electron chi connectivity index (χ2n) is 7.51. The van der Waals surface area contributed by atoms with Crippen LogP contribution in [0.3, 0.4) is 0 Å². The van der Waals surface area contributed by atoms with Crippen LogP contribution in [0, 0.1) is 6.92 Å². The minimum Gasteiger partial charge on any atom is -0.367 e. The average Bonchev–Trinajstić information content (AvgIpc) is 2.70. The van der Waals surface area contributed by atoms with Crippen molar-refractivity contribution in [2.75, 3.05) is 5.32 Å². The topological polar surface area (TPSA) is 54.0 Å². The molecular formula is C23H24ClN3O. The quantitative estimate of drug-likeness (QED) is 0.628. The average molecular weight is 394 g/mol. The van der Waals surface area contributed by atoms with Crippen LogP contribution >= 0.6 is 11.6 Å². The predicted molar refractivity (Wildman–Crippen MR) is 115 cm³/mol. The zero-order valence-electron chi connectivity index (χ0n) is 15.9. The molecule has 1 aromatic heterocycles. The number of para-hydroxylation sites is 1. The van der Waals surface area contributed by atoms with Crippen LogP contribution in [0.2, 0.25) is 5.02 Å². The molecule has 1 aliphatic rings. The first-order chi connectivity index (χ1) is 13.6. The van der Waals surface area contributed by atoms with Crippen molar-refractivity contribution in [2.45, 2.75) is 44.7 Å². The van der Waals surface area contributed by atoms with Crippen molar-refractivity contribution in [1.82, 2.24) is 10.3 Å². The van der Waals surface area contributed by atoms with E-state index < -0.39 is 0 Å². The van der Waals surface area contributed by atoms with Gasteiger partial charge in [-0.25, -0.2) is 4.98 Å². The normalized spacial score (nSPS) is 19.4. The van der Waals surface area contributed by atoms with Gasteiger partial charge < -0.3 is 10.6 Å². The number of carbonyl (C=O) groups is 1. The van der Waals surface area contributed by atoms with E-state index in [0.717, 1.165) is 37.0 Å². The van der Waals surface area contributed by atoms with Crippen LogP contribution in [0.1, 0.15) is 41.6 Å². The van der Waals surface area contributed by atoms with Crippen LogP contribution in [0.5, 0.6) is 0 Å². The third-order valence-electron chi connectivity index (χ3n) is 5.44. The number of benzene rings is 2. The maximum absolute atomic E-state index is 12.4. The summed E-state index contributed by atoms with van der Waals surface area (Å²) in [7, 11) is 0. The Labute approximate surface area is 170 Å². The molecule has 4 nitrogen and oxygen atoms in total. The van der Waals surface area contributed by atoms with Crippen LogP contribution in [0.4, 0.5) is 5.82 Å². The summed E-state index contributed by atoms with van der Waals surface area (Å²) in [6.07, 6.45) is 3.95. The van der Waals surface area contributed by atoms with Gasteiger partial charge >= 0.3 is 0 Å². The number of amides is 1. The molecule has 5 heteroatoms. The van der Waals surface area contributed by atoms with Gasteiger partial charge in [0, 0.05) is 28.1 Å². The van der Waals surface area contributed by atoms with Gasteiger partial charge in [-0.3, -0.25) is 4.79 Å². The Morgan fingerprint density at radius 2 is 1.68 bits per heavy atom. The Balaban J connectivity index is 1.33. The molecule has 2 N–H and O–H groups in total. The number of pyridine rings is 1. The molecule has 2 aromatic carbocycles. The van der Waals surface area contributed by atoms with Crippen molar-refractivity contribution in [2.24, 2.45) is 0 Å². The van der Waals surface area contributed by atoms with Gasteiger partial charge in [0.2, 0.25) is 0 Å². The molecular weight excluding hydrogens is 370 g/mol. The summed E-state index contributed by atoms with van der Waals surface area (Å²) < 4.78 is 0. The number of carbonyl (C=O) groups excluding carboxylic acids is 1. The van der Waals surface area contributed by atoms with Gasteiger partial charge in [0.25, 0.3) is 5.91 Å². The molecule has 1 aliphatic carbocycles. The summed E-state index contributed by atoms with van der Waals surface area (Å²) in [5, 5.41) is 8.57. The standard InChI is InChI=1S/C23H24ClN3O/c1-15-14-22(27-21-5-3-2-4-20(15)21)25-18-10-12-19(13-11-18)26-23(28)16-6-8-17(24)9-7-16/h2-9,14,18-19H,10-13H2,1H3,(H,25,27)(H,26,28). The van der Waals surface area contributed by atoms with Gasteiger partial charge in [0.1, 0.15) is 5.82 Å². The van der Waals surface area contributed by atoms with Crippen LogP contribution in [-0.2, 0) is 0 Å². The lowest BCUT2D eigenvalue weighted by molar-refractivity contribution is 0.0926. The molecule has 1 fully saturated rings. The highest BCUT2D eigenvalue weighted by atomic mass is 35.5. The molecule has 0 atom stereocenters. The van der Waals surface area contributed by atoms with E-state index in [2.05, 4.69) is 35.8 Å². The number of nitrogens with one attached hydrogen (secondary N) is 2. The SMILES string of the molecule is Cc1cc(NC2CCC(NC(=O)c3ccc(Cl)cc3)CC2)nc2ccccc12. The fourth-order valence-electron chi connectivity index (χ4n) is 3.88. The van der Waals surface area contributed by atoms with Crippen LogP contribution in [0.15, 0.2) is 54.6 Å². The van der Waals surface area contributed by atoms with Crippen molar-refractivity contribution >= 4 is 34.2 Å². The third-order valence-corrected chi connectivity index (χ3v) is 5.70. The first kappa shape index (κ1) is 18.8. The Hall–Kier alpha value is -2.59. The van der Waals surface area contributed by atoms with E-state index in [1.54, 1.807) is 24.3 Å². The number of aryl methyl sites for hydroxylation is 1. The number of halogens is 1. The first-order valence-corrected chi connectivity index (χ1v) is 10.2. The lowest BCUT2D eigenvalue weighted by Crippen LogP contribution is -2.40. The largest absolute Gasteiger partial charge is 0.367 e. The zero-order valence-corrected chi connectivity index (χ0v) is 16.7. The number of fused-ring (bicyclic) bond motifs is 1. The highest BCUT2D eigenvalue weighted by Crippen LogP contribution is 2.25. The summed E-state index contributed by atoms with van der Waals surface area (Å²) in [6, 6.07) is 18.0. The minimum atomic E-state index is -0.0279. The summed E-state index contributed by atoms with van der Waals surface area (Å²) >= 11 is 5.89. The van der Waals surface area contributed by atoms with E-state index in [0.29, 0.717) is 16.6 Å². The third kappa shape index (κ3) is 4.28. The molecule has 28 heavy (non-hydrogen) atoms. The zero-order chi connectivity index (χ0) is 19.5. The molecule has 0 radical (unpaired) electrons. The monoisotopic (exact) mass is 393 g/mol. The number of hydrogen-bond acceptors (Lipinski definition) is 3. The molecule has 144 valence electrons. The van der Waals surface area contributed by atoms with E-state index in [9.17, 15) is 4.79 Å². The van der Waals surface area contributed by atoms with Crippen molar-refractivity contribution in [1.29, 1.82) is 0 Å². The summed E-state index contributed by atoms with van der Waals surface area (Å²) in [4.78, 5) is 17.1. The number of rotatable bonds is 4. The Kier molecular flexibility index (Phi) is 5.49. The van der Waals surface area contributed by atoms with Gasteiger partial charge in [0.15, 0.2) is 0 Å². The Morgan fingerprint density at radius 3 is 2.43 bits per heavy atom. The molecule has 1 saturated carbocycles. The lowest BCUT2D eigenvalue weighted by atomic mass is 9.91. The van der Waals surface area contributed by atoms with Crippen molar-refractivity contribution in [3.63, 3.8) is 0 Å². The molecule has 1 heterocycles.